The lowest BCUT2D eigenvalue weighted by Gasteiger charge is -2.29. The number of pyridine rings is 1. The third kappa shape index (κ3) is 5.46. The number of nitrogens with zero attached hydrogens (tertiary/aromatic N) is 1. The maximum atomic E-state index is 5.50. The average Bonchev–Trinajstić information content (AvgIpc) is 2.32. The maximum absolute atomic E-state index is 5.50. The van der Waals surface area contributed by atoms with Gasteiger partial charge in [-0.25, -0.2) is 0 Å². The second-order valence-corrected chi connectivity index (χ2v) is 6.01. The highest BCUT2D eigenvalue weighted by Gasteiger charge is 2.22. The molecule has 0 aliphatic carbocycles. The predicted molar refractivity (Wildman–Crippen MR) is 78.8 cm³/mol. The van der Waals surface area contributed by atoms with E-state index in [0.29, 0.717) is 6.04 Å². The lowest BCUT2D eigenvalue weighted by molar-refractivity contribution is 0.00720. The summed E-state index contributed by atoms with van der Waals surface area (Å²) < 4.78 is 6.52. The molecule has 0 aromatic carbocycles. The van der Waals surface area contributed by atoms with Crippen LogP contribution in [0.1, 0.15) is 32.9 Å². The van der Waals surface area contributed by atoms with Gasteiger partial charge in [0.1, 0.15) is 0 Å². The molecule has 0 bridgehead atoms. The molecule has 0 spiro atoms. The van der Waals surface area contributed by atoms with Gasteiger partial charge in [-0.3, -0.25) is 4.98 Å². The molecule has 0 aliphatic heterocycles. The first kappa shape index (κ1) is 15.6. The summed E-state index contributed by atoms with van der Waals surface area (Å²) in [4.78, 5) is 4.43. The number of aromatic nitrogens is 1. The number of hydrogen-bond donors (Lipinski definition) is 1. The third-order valence-corrected chi connectivity index (χ3v) is 3.50. The Kier molecular flexibility index (Phi) is 6.26. The molecule has 1 heterocycles. The zero-order valence-corrected chi connectivity index (χ0v) is 13.3. The number of likely N-dealkylation sites (N-methyl/N-ethyl adjacent to an activating group) is 1. The molecule has 1 atom stereocenters. The maximum Gasteiger partial charge on any atom is 0.0637 e. The second-order valence-electron chi connectivity index (χ2n) is 5.09. The molecular formula is C14H23BrN2O. The molecule has 4 heteroatoms. The Balaban J connectivity index is 2.65. The van der Waals surface area contributed by atoms with Crippen molar-refractivity contribution < 1.29 is 4.74 Å². The van der Waals surface area contributed by atoms with Gasteiger partial charge in [0.2, 0.25) is 0 Å². The molecule has 1 aromatic heterocycles. The van der Waals surface area contributed by atoms with E-state index in [4.69, 9.17) is 4.74 Å². The summed E-state index contributed by atoms with van der Waals surface area (Å²) in [6.45, 7) is 7.32. The molecule has 0 aliphatic rings. The second kappa shape index (κ2) is 7.22. The monoisotopic (exact) mass is 314 g/mol. The number of halogens is 1. The Morgan fingerprint density at radius 2 is 2.17 bits per heavy atom. The summed E-state index contributed by atoms with van der Waals surface area (Å²) in [5.41, 5.74) is 0.999. The van der Waals surface area contributed by atoms with Gasteiger partial charge in [-0.15, -0.1) is 0 Å². The van der Waals surface area contributed by atoms with E-state index < -0.39 is 0 Å². The summed E-state index contributed by atoms with van der Waals surface area (Å²) in [6, 6.07) is 4.49. The minimum Gasteiger partial charge on any atom is -0.379 e. The Labute approximate surface area is 118 Å². The van der Waals surface area contributed by atoms with Crippen molar-refractivity contribution in [3.8, 4) is 0 Å². The smallest absolute Gasteiger partial charge is 0.0637 e. The lowest BCUT2D eigenvalue weighted by atomic mass is 9.95. The average molecular weight is 315 g/mol. The lowest BCUT2D eigenvalue weighted by Crippen LogP contribution is -2.39. The summed E-state index contributed by atoms with van der Waals surface area (Å²) in [5, 5.41) is 3.50. The van der Waals surface area contributed by atoms with Crippen molar-refractivity contribution in [2.45, 2.75) is 45.3 Å². The highest BCUT2D eigenvalue weighted by molar-refractivity contribution is 9.10. The van der Waals surface area contributed by atoms with E-state index in [1.807, 2.05) is 12.3 Å². The molecular weight excluding hydrogens is 292 g/mol. The van der Waals surface area contributed by atoms with E-state index >= 15 is 0 Å². The van der Waals surface area contributed by atoms with E-state index in [1.54, 1.807) is 7.11 Å². The van der Waals surface area contributed by atoms with E-state index in [0.717, 1.165) is 29.6 Å². The first-order valence-electron chi connectivity index (χ1n) is 6.36. The summed E-state index contributed by atoms with van der Waals surface area (Å²) in [7, 11) is 1.76. The van der Waals surface area contributed by atoms with Gasteiger partial charge in [-0.2, -0.15) is 0 Å². The molecule has 102 valence electrons. The molecule has 18 heavy (non-hydrogen) atoms. The highest BCUT2D eigenvalue weighted by atomic mass is 79.9. The molecule has 0 fully saturated rings. The minimum atomic E-state index is -0.109. The Bertz CT molecular complexity index is 351. The van der Waals surface area contributed by atoms with Crippen LogP contribution in [0.4, 0.5) is 0 Å². The van der Waals surface area contributed by atoms with Gasteiger partial charge >= 0.3 is 0 Å². The van der Waals surface area contributed by atoms with Crippen LogP contribution in [0.2, 0.25) is 0 Å². The third-order valence-electron chi connectivity index (χ3n) is 3.03. The fourth-order valence-electron chi connectivity index (χ4n) is 1.96. The van der Waals surface area contributed by atoms with Gasteiger partial charge < -0.3 is 10.1 Å². The standard InChI is InChI=1S/C14H23BrN2O/c1-5-16-13(9-14(2,3)18-4)8-12-7-6-11(15)10-17-12/h6-7,10,13,16H,5,8-9H2,1-4H3. The van der Waals surface area contributed by atoms with Gasteiger partial charge in [0.05, 0.1) is 5.60 Å². The predicted octanol–water partition coefficient (Wildman–Crippen LogP) is 3.18. The van der Waals surface area contributed by atoms with Crippen LogP contribution in [0, 0.1) is 0 Å². The molecule has 0 saturated carbocycles. The van der Waals surface area contributed by atoms with Crippen LogP contribution in [0.5, 0.6) is 0 Å². The molecule has 0 radical (unpaired) electrons. The van der Waals surface area contributed by atoms with Gasteiger partial charge in [0.15, 0.2) is 0 Å². The van der Waals surface area contributed by atoms with Crippen LogP contribution in [0.25, 0.3) is 0 Å². The number of hydrogen-bond acceptors (Lipinski definition) is 3. The normalized spacial score (nSPS) is 13.6. The fourth-order valence-corrected chi connectivity index (χ4v) is 2.20. The Morgan fingerprint density at radius 3 is 2.67 bits per heavy atom. The van der Waals surface area contributed by atoms with Gasteiger partial charge in [-0.05, 0) is 54.9 Å². The van der Waals surface area contributed by atoms with Gasteiger partial charge in [-0.1, -0.05) is 6.92 Å². The molecule has 3 nitrogen and oxygen atoms in total. The molecule has 0 saturated heterocycles. The first-order chi connectivity index (χ1) is 8.46. The Hall–Kier alpha value is -0.450. The van der Waals surface area contributed by atoms with Crippen LogP contribution in [-0.4, -0.2) is 30.3 Å². The van der Waals surface area contributed by atoms with E-state index in [9.17, 15) is 0 Å². The number of nitrogens with one attached hydrogen (secondary N) is 1. The highest BCUT2D eigenvalue weighted by Crippen LogP contribution is 2.18. The number of rotatable bonds is 7. The quantitative estimate of drug-likeness (QED) is 0.839. The largest absolute Gasteiger partial charge is 0.379 e. The van der Waals surface area contributed by atoms with Crippen molar-refractivity contribution in [1.82, 2.24) is 10.3 Å². The van der Waals surface area contributed by atoms with Crippen LogP contribution in [0.15, 0.2) is 22.8 Å². The van der Waals surface area contributed by atoms with Crippen molar-refractivity contribution in [2.24, 2.45) is 0 Å². The van der Waals surface area contributed by atoms with E-state index in [2.05, 4.69) is 53.1 Å². The van der Waals surface area contributed by atoms with E-state index in [1.165, 1.54) is 0 Å². The van der Waals surface area contributed by atoms with Crippen molar-refractivity contribution in [2.75, 3.05) is 13.7 Å². The SMILES string of the molecule is CCNC(Cc1ccc(Br)cn1)CC(C)(C)OC. The summed E-state index contributed by atoms with van der Waals surface area (Å²) in [5.74, 6) is 0. The molecule has 0 amide bonds. The molecule has 1 unspecified atom stereocenters. The van der Waals surface area contributed by atoms with E-state index in [-0.39, 0.29) is 5.60 Å². The minimum absolute atomic E-state index is 0.109. The van der Waals surface area contributed by atoms with Crippen LogP contribution in [0.3, 0.4) is 0 Å². The van der Waals surface area contributed by atoms with Crippen molar-refractivity contribution in [3.05, 3.63) is 28.5 Å². The molecule has 1 rings (SSSR count). The molecule has 1 aromatic rings. The summed E-state index contributed by atoms with van der Waals surface area (Å²) in [6.07, 6.45) is 3.74. The van der Waals surface area contributed by atoms with Crippen molar-refractivity contribution in [1.29, 1.82) is 0 Å². The number of methoxy groups -OCH3 is 1. The van der Waals surface area contributed by atoms with Crippen LogP contribution >= 0.6 is 15.9 Å². The molecule has 1 N–H and O–H groups in total. The fraction of sp³-hybridized carbons (Fsp3) is 0.643. The summed E-state index contributed by atoms with van der Waals surface area (Å²) >= 11 is 3.40. The van der Waals surface area contributed by atoms with Crippen LogP contribution < -0.4 is 5.32 Å². The topological polar surface area (TPSA) is 34.2 Å². The zero-order chi connectivity index (χ0) is 13.6. The first-order valence-corrected chi connectivity index (χ1v) is 7.15. The van der Waals surface area contributed by atoms with Gasteiger partial charge in [0.25, 0.3) is 0 Å². The zero-order valence-electron chi connectivity index (χ0n) is 11.7. The number of ether oxygens (including phenoxy) is 1. The van der Waals surface area contributed by atoms with Crippen LogP contribution in [-0.2, 0) is 11.2 Å². The van der Waals surface area contributed by atoms with Crippen molar-refractivity contribution in [3.63, 3.8) is 0 Å². The van der Waals surface area contributed by atoms with Gasteiger partial charge in [0, 0.05) is 35.9 Å². The van der Waals surface area contributed by atoms with Crippen molar-refractivity contribution >= 4 is 15.9 Å². The Morgan fingerprint density at radius 1 is 1.44 bits per heavy atom.